The molecular formula is C24H25N5O2S2. The SMILES string of the molecule is Cc1ccc(OCc2nc(CSc3nnc(N4CCOCC4)n3-c3ccccc3)cs2)cc1. The molecule has 33 heavy (non-hydrogen) atoms. The molecule has 1 saturated heterocycles. The highest BCUT2D eigenvalue weighted by molar-refractivity contribution is 7.98. The number of hydrogen-bond donors (Lipinski definition) is 0. The number of benzene rings is 2. The Labute approximate surface area is 201 Å². The van der Waals surface area contributed by atoms with Crippen molar-refractivity contribution in [3.8, 4) is 11.4 Å². The quantitative estimate of drug-likeness (QED) is 0.338. The van der Waals surface area contributed by atoms with Gasteiger partial charge in [0.2, 0.25) is 5.95 Å². The van der Waals surface area contributed by atoms with Gasteiger partial charge in [0.25, 0.3) is 0 Å². The van der Waals surface area contributed by atoms with Gasteiger partial charge in [0.1, 0.15) is 17.4 Å². The average molecular weight is 480 g/mol. The zero-order chi connectivity index (χ0) is 22.5. The summed E-state index contributed by atoms with van der Waals surface area (Å²) in [6, 6.07) is 18.3. The molecule has 4 aromatic rings. The van der Waals surface area contributed by atoms with E-state index in [1.54, 1.807) is 23.1 Å². The van der Waals surface area contributed by atoms with Gasteiger partial charge in [0.15, 0.2) is 5.16 Å². The van der Waals surface area contributed by atoms with Crippen LogP contribution in [0.5, 0.6) is 5.75 Å². The van der Waals surface area contributed by atoms with E-state index in [0.717, 1.165) is 52.1 Å². The summed E-state index contributed by atoms with van der Waals surface area (Å²) in [5.41, 5.74) is 3.29. The average Bonchev–Trinajstić information content (AvgIpc) is 3.50. The topological polar surface area (TPSA) is 65.3 Å². The van der Waals surface area contributed by atoms with E-state index in [9.17, 15) is 0 Å². The first-order valence-electron chi connectivity index (χ1n) is 10.9. The molecule has 0 spiro atoms. The molecule has 1 fully saturated rings. The molecule has 170 valence electrons. The largest absolute Gasteiger partial charge is 0.486 e. The van der Waals surface area contributed by atoms with Gasteiger partial charge in [-0.15, -0.1) is 21.5 Å². The van der Waals surface area contributed by atoms with Crippen LogP contribution in [-0.2, 0) is 17.1 Å². The molecule has 0 N–H and O–H groups in total. The van der Waals surface area contributed by atoms with Crippen molar-refractivity contribution >= 4 is 29.0 Å². The van der Waals surface area contributed by atoms with Gasteiger partial charge in [-0.2, -0.15) is 0 Å². The van der Waals surface area contributed by atoms with Crippen LogP contribution in [0.4, 0.5) is 5.95 Å². The van der Waals surface area contributed by atoms with Gasteiger partial charge in [-0.3, -0.25) is 4.57 Å². The first kappa shape index (κ1) is 21.9. The summed E-state index contributed by atoms with van der Waals surface area (Å²) in [7, 11) is 0. The van der Waals surface area contributed by atoms with Gasteiger partial charge in [-0.1, -0.05) is 47.7 Å². The van der Waals surface area contributed by atoms with Crippen LogP contribution in [0.3, 0.4) is 0 Å². The molecule has 2 aromatic heterocycles. The van der Waals surface area contributed by atoms with Crippen molar-refractivity contribution in [2.75, 3.05) is 31.2 Å². The van der Waals surface area contributed by atoms with Crippen molar-refractivity contribution in [2.45, 2.75) is 24.4 Å². The lowest BCUT2D eigenvalue weighted by Crippen LogP contribution is -2.37. The summed E-state index contributed by atoms with van der Waals surface area (Å²) in [4.78, 5) is 6.98. The number of nitrogens with zero attached hydrogens (tertiary/aromatic N) is 5. The van der Waals surface area contributed by atoms with Crippen LogP contribution in [0.25, 0.3) is 5.69 Å². The highest BCUT2D eigenvalue weighted by atomic mass is 32.2. The highest BCUT2D eigenvalue weighted by Gasteiger charge is 2.22. The Kier molecular flexibility index (Phi) is 6.89. The molecule has 9 heteroatoms. The Hall–Kier alpha value is -2.88. The predicted molar refractivity (Wildman–Crippen MR) is 132 cm³/mol. The fraction of sp³-hybridized carbons (Fsp3) is 0.292. The van der Waals surface area contributed by atoms with Crippen LogP contribution < -0.4 is 9.64 Å². The molecule has 0 saturated carbocycles. The fourth-order valence-corrected chi connectivity index (χ4v) is 5.18. The number of thiazole rings is 1. The molecule has 0 atom stereocenters. The number of hydrogen-bond acceptors (Lipinski definition) is 8. The zero-order valence-corrected chi connectivity index (χ0v) is 20.0. The van der Waals surface area contributed by atoms with Gasteiger partial charge in [-0.25, -0.2) is 4.98 Å². The third-order valence-corrected chi connectivity index (χ3v) is 7.09. The summed E-state index contributed by atoms with van der Waals surface area (Å²) in [5, 5.41) is 13.0. The fourth-order valence-electron chi connectivity index (χ4n) is 3.53. The van der Waals surface area contributed by atoms with E-state index in [1.165, 1.54) is 5.56 Å². The summed E-state index contributed by atoms with van der Waals surface area (Å²) in [6.07, 6.45) is 0. The Morgan fingerprint density at radius 1 is 1.03 bits per heavy atom. The van der Waals surface area contributed by atoms with Gasteiger partial charge >= 0.3 is 0 Å². The van der Waals surface area contributed by atoms with Crippen LogP contribution in [0, 0.1) is 6.92 Å². The number of morpholine rings is 1. The number of thioether (sulfide) groups is 1. The van der Waals surface area contributed by atoms with E-state index in [4.69, 9.17) is 14.5 Å². The maximum atomic E-state index is 5.87. The third-order valence-electron chi connectivity index (χ3n) is 5.26. The number of aryl methyl sites for hydroxylation is 1. The Morgan fingerprint density at radius 2 is 1.82 bits per heavy atom. The van der Waals surface area contributed by atoms with E-state index in [1.807, 2.05) is 42.5 Å². The molecule has 1 aliphatic rings. The molecule has 0 radical (unpaired) electrons. The maximum absolute atomic E-state index is 5.87. The molecule has 7 nitrogen and oxygen atoms in total. The summed E-state index contributed by atoms with van der Waals surface area (Å²) in [6.45, 7) is 5.57. The monoisotopic (exact) mass is 479 g/mol. The lowest BCUT2D eigenvalue weighted by atomic mass is 10.2. The maximum Gasteiger partial charge on any atom is 0.232 e. The van der Waals surface area contributed by atoms with Crippen molar-refractivity contribution in [2.24, 2.45) is 0 Å². The van der Waals surface area contributed by atoms with E-state index < -0.39 is 0 Å². The zero-order valence-electron chi connectivity index (χ0n) is 18.4. The summed E-state index contributed by atoms with van der Waals surface area (Å²) >= 11 is 3.27. The molecule has 0 unspecified atom stereocenters. The summed E-state index contributed by atoms with van der Waals surface area (Å²) in [5.74, 6) is 2.44. The Balaban J connectivity index is 1.28. The van der Waals surface area contributed by atoms with Gasteiger partial charge in [0.05, 0.1) is 24.6 Å². The molecule has 0 bridgehead atoms. The molecule has 2 aromatic carbocycles. The standard InChI is InChI=1S/C24H25N5O2S2/c1-18-7-9-21(10-8-18)31-15-22-25-19(16-32-22)17-33-24-27-26-23(28-11-13-30-14-12-28)29(24)20-5-3-2-4-6-20/h2-10,16H,11-15,17H2,1H3. The Morgan fingerprint density at radius 3 is 2.61 bits per heavy atom. The highest BCUT2D eigenvalue weighted by Crippen LogP contribution is 2.29. The lowest BCUT2D eigenvalue weighted by Gasteiger charge is -2.27. The van der Waals surface area contributed by atoms with Crippen molar-refractivity contribution in [1.29, 1.82) is 0 Å². The normalized spacial score (nSPS) is 13.9. The third kappa shape index (κ3) is 5.38. The summed E-state index contributed by atoms with van der Waals surface area (Å²) < 4.78 is 13.5. The number of aromatic nitrogens is 4. The van der Waals surface area contributed by atoms with E-state index >= 15 is 0 Å². The first-order valence-corrected chi connectivity index (χ1v) is 12.7. The second-order valence-corrected chi connectivity index (χ2v) is 9.56. The van der Waals surface area contributed by atoms with E-state index in [2.05, 4.69) is 44.1 Å². The second-order valence-electron chi connectivity index (χ2n) is 7.68. The molecule has 3 heterocycles. The van der Waals surface area contributed by atoms with Crippen molar-refractivity contribution in [3.05, 3.63) is 76.2 Å². The van der Waals surface area contributed by atoms with Gasteiger partial charge < -0.3 is 14.4 Å². The van der Waals surface area contributed by atoms with Crippen LogP contribution in [0.15, 0.2) is 65.1 Å². The van der Waals surface area contributed by atoms with Gasteiger partial charge in [0, 0.05) is 24.2 Å². The smallest absolute Gasteiger partial charge is 0.232 e. The minimum atomic E-state index is 0.472. The van der Waals surface area contributed by atoms with Crippen molar-refractivity contribution in [3.63, 3.8) is 0 Å². The lowest BCUT2D eigenvalue weighted by molar-refractivity contribution is 0.122. The molecule has 1 aliphatic heterocycles. The van der Waals surface area contributed by atoms with Crippen LogP contribution >= 0.6 is 23.1 Å². The van der Waals surface area contributed by atoms with Crippen molar-refractivity contribution < 1.29 is 9.47 Å². The first-order chi connectivity index (χ1) is 16.3. The second kappa shape index (κ2) is 10.4. The van der Waals surface area contributed by atoms with Crippen molar-refractivity contribution in [1.82, 2.24) is 19.7 Å². The van der Waals surface area contributed by atoms with Gasteiger partial charge in [-0.05, 0) is 31.2 Å². The number of anilines is 1. The Bertz CT molecular complexity index is 1170. The molecule has 5 rings (SSSR count). The van der Waals surface area contributed by atoms with Crippen LogP contribution in [-0.4, -0.2) is 46.1 Å². The molecule has 0 aliphatic carbocycles. The van der Waals surface area contributed by atoms with E-state index in [-0.39, 0.29) is 0 Å². The molecular weight excluding hydrogens is 454 g/mol. The predicted octanol–water partition coefficient (Wildman–Crippen LogP) is 4.74. The minimum absolute atomic E-state index is 0.472. The molecule has 0 amide bonds. The van der Waals surface area contributed by atoms with Crippen LogP contribution in [0.2, 0.25) is 0 Å². The number of ether oxygens (including phenoxy) is 2. The van der Waals surface area contributed by atoms with Crippen LogP contribution in [0.1, 0.15) is 16.3 Å². The number of rotatable bonds is 8. The minimum Gasteiger partial charge on any atom is -0.486 e. The number of para-hydroxylation sites is 1. The van der Waals surface area contributed by atoms with E-state index in [0.29, 0.717) is 19.8 Å².